The third-order valence-corrected chi connectivity index (χ3v) is 8.19. The van der Waals surface area contributed by atoms with E-state index in [1.54, 1.807) is 6.20 Å². The maximum atomic E-state index is 12.2. The average Bonchev–Trinajstić information content (AvgIpc) is 3.27. The second-order valence-corrected chi connectivity index (χ2v) is 10.6. The molecule has 190 valence electrons. The molecule has 1 saturated carbocycles. The lowest BCUT2D eigenvalue weighted by Gasteiger charge is -2.30. The summed E-state index contributed by atoms with van der Waals surface area (Å²) in [6, 6.07) is 7.46. The molecular weight excluding hydrogens is 478 g/mol. The number of rotatable bonds is 7. The van der Waals surface area contributed by atoms with Crippen LogP contribution in [0.15, 0.2) is 30.5 Å². The number of aromatic nitrogens is 3. The van der Waals surface area contributed by atoms with E-state index in [1.165, 1.54) is 11.3 Å². The van der Waals surface area contributed by atoms with Gasteiger partial charge in [0, 0.05) is 12.3 Å². The van der Waals surface area contributed by atoms with E-state index in [-0.39, 0.29) is 12.0 Å². The molecule has 4 N–H and O–H groups in total. The van der Waals surface area contributed by atoms with Gasteiger partial charge in [-0.05, 0) is 69.5 Å². The highest BCUT2D eigenvalue weighted by Gasteiger charge is 2.44. The number of thiazole rings is 1. The fraction of sp³-hybridized carbons (Fsp3) is 0.462. The zero-order chi connectivity index (χ0) is 25.1. The molecule has 3 aromatic rings. The van der Waals surface area contributed by atoms with Gasteiger partial charge in [0.15, 0.2) is 0 Å². The van der Waals surface area contributed by atoms with Gasteiger partial charge in [0.1, 0.15) is 38.8 Å². The van der Waals surface area contributed by atoms with Crippen molar-refractivity contribution in [3.8, 4) is 22.2 Å². The van der Waals surface area contributed by atoms with E-state index in [0.717, 1.165) is 56.5 Å². The predicted octanol–water partition coefficient (Wildman–Crippen LogP) is 4.78. The quantitative estimate of drug-likeness (QED) is 0.356. The normalized spacial score (nSPS) is 18.0. The molecule has 0 unspecified atom stereocenters. The second-order valence-electron chi connectivity index (χ2n) is 9.60. The van der Waals surface area contributed by atoms with Crippen molar-refractivity contribution in [3.05, 3.63) is 41.0 Å². The summed E-state index contributed by atoms with van der Waals surface area (Å²) in [6.45, 7) is 3.85. The van der Waals surface area contributed by atoms with Crippen molar-refractivity contribution in [2.75, 3.05) is 18.4 Å². The Labute approximate surface area is 214 Å². The summed E-state index contributed by atoms with van der Waals surface area (Å²) in [7, 11) is 0. The molecule has 4 heterocycles. The number of anilines is 2. The number of pyridine rings is 2. The number of aliphatic carboxylic acids is 1. The molecule has 36 heavy (non-hydrogen) atoms. The van der Waals surface area contributed by atoms with Crippen molar-refractivity contribution in [1.29, 1.82) is 0 Å². The first-order valence-electron chi connectivity index (χ1n) is 12.5. The first-order valence-corrected chi connectivity index (χ1v) is 13.3. The highest BCUT2D eigenvalue weighted by molar-refractivity contribution is 7.15. The van der Waals surface area contributed by atoms with Crippen molar-refractivity contribution >= 4 is 28.9 Å². The molecule has 0 spiro atoms. The fourth-order valence-electron chi connectivity index (χ4n) is 5.00. The Morgan fingerprint density at radius 3 is 2.67 bits per heavy atom. The number of ether oxygens (including phenoxy) is 1. The largest absolute Gasteiger partial charge is 0.492 e. The van der Waals surface area contributed by atoms with Crippen LogP contribution in [0.2, 0.25) is 0 Å². The number of aromatic hydroxyl groups is 1. The lowest BCUT2D eigenvalue weighted by Crippen LogP contribution is -2.37. The number of carboxylic acids is 1. The maximum Gasteiger partial charge on any atom is 0.316 e. The van der Waals surface area contributed by atoms with Crippen LogP contribution in [0.1, 0.15) is 55.5 Å². The minimum Gasteiger partial charge on any atom is -0.492 e. The molecule has 0 radical (unpaired) electrons. The molecule has 2 aliphatic rings. The van der Waals surface area contributed by atoms with Crippen LogP contribution >= 0.6 is 11.3 Å². The van der Waals surface area contributed by atoms with E-state index in [9.17, 15) is 15.0 Å². The van der Waals surface area contributed by atoms with Gasteiger partial charge in [-0.2, -0.15) is 0 Å². The van der Waals surface area contributed by atoms with Gasteiger partial charge in [-0.15, -0.1) is 11.3 Å². The zero-order valence-corrected chi connectivity index (χ0v) is 21.1. The van der Waals surface area contributed by atoms with Crippen LogP contribution < -0.4 is 15.4 Å². The fourth-order valence-corrected chi connectivity index (χ4v) is 6.15. The van der Waals surface area contributed by atoms with Gasteiger partial charge in [-0.3, -0.25) is 4.79 Å². The number of carboxylic acid groups (broad SMARTS) is 1. The number of nitrogens with one attached hydrogen (secondary N) is 2. The average molecular weight is 510 g/mol. The first kappa shape index (κ1) is 24.5. The van der Waals surface area contributed by atoms with Gasteiger partial charge >= 0.3 is 5.97 Å². The summed E-state index contributed by atoms with van der Waals surface area (Å²) in [5, 5.41) is 27.7. The van der Waals surface area contributed by atoms with Gasteiger partial charge in [-0.1, -0.05) is 19.3 Å². The number of piperidine rings is 1. The summed E-state index contributed by atoms with van der Waals surface area (Å²) in [6.07, 6.45) is 7.59. The van der Waals surface area contributed by atoms with Crippen LogP contribution in [0.5, 0.6) is 11.6 Å². The number of aryl methyl sites for hydroxylation is 1. The molecule has 0 aromatic carbocycles. The Bertz CT molecular complexity index is 1230. The van der Waals surface area contributed by atoms with Crippen molar-refractivity contribution < 1.29 is 19.7 Å². The number of carbonyl (C=O) groups is 1. The van der Waals surface area contributed by atoms with E-state index in [0.29, 0.717) is 40.1 Å². The topological polar surface area (TPSA) is 129 Å². The lowest BCUT2D eigenvalue weighted by molar-refractivity contribution is -0.145. The van der Waals surface area contributed by atoms with Gasteiger partial charge in [-0.25, -0.2) is 15.0 Å². The van der Waals surface area contributed by atoms with E-state index < -0.39 is 11.4 Å². The highest BCUT2D eigenvalue weighted by atomic mass is 32.1. The minimum atomic E-state index is -1.04. The van der Waals surface area contributed by atoms with Crippen LogP contribution in [-0.2, 0) is 10.2 Å². The zero-order valence-electron chi connectivity index (χ0n) is 20.3. The molecule has 3 aromatic heterocycles. The highest BCUT2D eigenvalue weighted by Crippen LogP contribution is 2.46. The monoisotopic (exact) mass is 509 g/mol. The van der Waals surface area contributed by atoms with E-state index in [1.807, 2.05) is 31.2 Å². The summed E-state index contributed by atoms with van der Waals surface area (Å²) in [5.74, 6) is 0.868. The Balaban J connectivity index is 1.39. The van der Waals surface area contributed by atoms with Gasteiger partial charge < -0.3 is 25.6 Å². The molecule has 1 aliphatic heterocycles. The number of nitrogens with zero attached hydrogens (tertiary/aromatic N) is 3. The van der Waals surface area contributed by atoms with Crippen LogP contribution in [0.25, 0.3) is 10.6 Å². The van der Waals surface area contributed by atoms with Crippen LogP contribution in [0.3, 0.4) is 0 Å². The van der Waals surface area contributed by atoms with Crippen molar-refractivity contribution in [3.63, 3.8) is 0 Å². The van der Waals surface area contributed by atoms with E-state index in [2.05, 4.69) is 20.6 Å². The van der Waals surface area contributed by atoms with Crippen molar-refractivity contribution in [1.82, 2.24) is 20.3 Å². The smallest absolute Gasteiger partial charge is 0.316 e. The summed E-state index contributed by atoms with van der Waals surface area (Å²) in [5.41, 5.74) is 0.434. The Kier molecular flexibility index (Phi) is 7.06. The molecule has 10 heteroatoms. The molecule has 0 amide bonds. The predicted molar refractivity (Wildman–Crippen MR) is 138 cm³/mol. The van der Waals surface area contributed by atoms with Crippen molar-refractivity contribution in [2.24, 2.45) is 0 Å². The van der Waals surface area contributed by atoms with Crippen molar-refractivity contribution in [2.45, 2.75) is 63.4 Å². The third-order valence-electron chi connectivity index (χ3n) is 6.91. The molecule has 0 atom stereocenters. The molecular formula is C26H31N5O4S. The number of hydrogen-bond acceptors (Lipinski definition) is 9. The van der Waals surface area contributed by atoms with Gasteiger partial charge in [0.25, 0.3) is 0 Å². The molecule has 1 aliphatic carbocycles. The summed E-state index contributed by atoms with van der Waals surface area (Å²) >= 11 is 1.22. The molecule has 1 saturated heterocycles. The third kappa shape index (κ3) is 5.15. The second kappa shape index (κ2) is 10.4. The van der Waals surface area contributed by atoms with E-state index >= 15 is 0 Å². The van der Waals surface area contributed by atoms with Gasteiger partial charge in [0.05, 0.1) is 5.69 Å². The summed E-state index contributed by atoms with van der Waals surface area (Å²) in [4.78, 5) is 26.1. The standard InChI is InChI=1S/C26H31N5O4S/c1-16-13-19(22-23(32)31-24(36-22)26(25(33)34)8-3-2-4-9-26)29-21(14-16)30-20-15-18(7-12-28-20)35-17-5-10-27-11-6-17/h7,12-15,17,27,32H,2-6,8-11H2,1H3,(H,33,34)(H,28,29,30). The van der Waals surface area contributed by atoms with Crippen LogP contribution in [0, 0.1) is 6.92 Å². The van der Waals surface area contributed by atoms with Crippen LogP contribution in [0.4, 0.5) is 11.6 Å². The molecule has 5 rings (SSSR count). The molecule has 2 fully saturated rings. The molecule has 9 nitrogen and oxygen atoms in total. The number of hydrogen-bond donors (Lipinski definition) is 4. The van der Waals surface area contributed by atoms with Gasteiger partial charge in [0.2, 0.25) is 5.88 Å². The summed E-state index contributed by atoms with van der Waals surface area (Å²) < 4.78 is 6.13. The van der Waals surface area contributed by atoms with Crippen LogP contribution in [-0.4, -0.2) is 50.3 Å². The lowest BCUT2D eigenvalue weighted by atomic mass is 9.74. The first-order chi connectivity index (χ1) is 17.4. The van der Waals surface area contributed by atoms with E-state index in [4.69, 9.17) is 9.72 Å². The minimum absolute atomic E-state index is 0.180. The Hall–Kier alpha value is -3.24. The Morgan fingerprint density at radius 1 is 1.14 bits per heavy atom. The SMILES string of the molecule is Cc1cc(Nc2cc(OC3CCNCC3)ccn2)nc(-c2sc(C3(C(=O)O)CCCCC3)nc2O)c1. The molecule has 0 bridgehead atoms. The maximum absolute atomic E-state index is 12.2. The Morgan fingerprint density at radius 2 is 1.92 bits per heavy atom.